The van der Waals surface area contributed by atoms with E-state index in [0.717, 1.165) is 0 Å². The zero-order chi connectivity index (χ0) is 13.8. The van der Waals surface area contributed by atoms with Crippen LogP contribution in [0.3, 0.4) is 0 Å². The first kappa shape index (κ1) is 13.0. The molecule has 19 heavy (non-hydrogen) atoms. The zero-order valence-corrected chi connectivity index (χ0v) is 10.0. The van der Waals surface area contributed by atoms with Crippen molar-refractivity contribution in [3.8, 4) is 0 Å². The van der Waals surface area contributed by atoms with Crippen LogP contribution in [0.5, 0.6) is 0 Å². The minimum atomic E-state index is -0.776. The molecule has 1 saturated heterocycles. The Bertz CT molecular complexity index is 529. The first-order valence-electron chi connectivity index (χ1n) is 5.64. The number of nitrogens with one attached hydrogen (secondary N) is 2. The van der Waals surface area contributed by atoms with Crippen LogP contribution in [-0.4, -0.2) is 37.0 Å². The summed E-state index contributed by atoms with van der Waals surface area (Å²) < 4.78 is 4.97. The van der Waals surface area contributed by atoms with Crippen molar-refractivity contribution in [3.63, 3.8) is 0 Å². The molecule has 0 aliphatic carbocycles. The summed E-state index contributed by atoms with van der Waals surface area (Å²) in [4.78, 5) is 34.3. The molecule has 1 atom stereocenters. The molecule has 0 bridgehead atoms. The molecule has 4 N–H and O–H groups in total. The van der Waals surface area contributed by atoms with E-state index >= 15 is 0 Å². The quantitative estimate of drug-likeness (QED) is 0.665. The van der Waals surface area contributed by atoms with Gasteiger partial charge in [-0.3, -0.25) is 14.4 Å². The lowest BCUT2D eigenvalue weighted by molar-refractivity contribution is -0.136. The first-order chi connectivity index (χ1) is 9.08. The maximum Gasteiger partial charge on any atom is 0.250 e. The maximum absolute atomic E-state index is 11.9. The van der Waals surface area contributed by atoms with Gasteiger partial charge in [-0.15, -0.1) is 0 Å². The average Bonchev–Trinajstić information content (AvgIpc) is 2.39. The Labute approximate surface area is 109 Å². The molecule has 1 aromatic rings. The molecule has 7 nitrogen and oxygen atoms in total. The van der Waals surface area contributed by atoms with Crippen LogP contribution in [0, 0.1) is 0 Å². The lowest BCUT2D eigenvalue weighted by Gasteiger charge is -2.22. The number of carbonyl (C=O) groups excluding carboxylic acids is 3. The molecule has 0 spiro atoms. The Balaban J connectivity index is 2.10. The normalized spacial score (nSPS) is 18.5. The van der Waals surface area contributed by atoms with Crippen molar-refractivity contribution in [2.24, 2.45) is 5.73 Å². The summed E-state index contributed by atoms with van der Waals surface area (Å²) in [5, 5.41) is 5.04. The SMILES string of the molecule is NC(=O)c1ccccc1NC(=O)C1COCC(=O)N1. The van der Waals surface area contributed by atoms with Crippen molar-refractivity contribution >= 4 is 23.4 Å². The fourth-order valence-electron chi connectivity index (χ4n) is 1.72. The monoisotopic (exact) mass is 263 g/mol. The van der Waals surface area contributed by atoms with Gasteiger partial charge in [0, 0.05) is 0 Å². The molecule has 1 aliphatic heterocycles. The molecule has 3 amide bonds. The lowest BCUT2D eigenvalue weighted by Crippen LogP contribution is -2.52. The van der Waals surface area contributed by atoms with Crippen LogP contribution in [0.4, 0.5) is 5.69 Å². The van der Waals surface area contributed by atoms with Crippen molar-refractivity contribution in [1.82, 2.24) is 5.32 Å². The molecular formula is C12H13N3O4. The van der Waals surface area contributed by atoms with Gasteiger partial charge in [0.05, 0.1) is 17.9 Å². The van der Waals surface area contributed by atoms with E-state index < -0.39 is 17.9 Å². The van der Waals surface area contributed by atoms with E-state index in [-0.39, 0.29) is 24.7 Å². The molecule has 7 heteroatoms. The van der Waals surface area contributed by atoms with Gasteiger partial charge in [-0.05, 0) is 12.1 Å². The molecular weight excluding hydrogens is 250 g/mol. The summed E-state index contributed by atoms with van der Waals surface area (Å²) in [5.74, 6) is -1.45. The Morgan fingerprint density at radius 1 is 1.37 bits per heavy atom. The average molecular weight is 263 g/mol. The van der Waals surface area contributed by atoms with E-state index in [9.17, 15) is 14.4 Å². The number of amides is 3. The number of morpholine rings is 1. The molecule has 1 aromatic carbocycles. The molecule has 2 rings (SSSR count). The van der Waals surface area contributed by atoms with Gasteiger partial charge in [0.2, 0.25) is 11.8 Å². The summed E-state index contributed by atoms with van der Waals surface area (Å²) in [7, 11) is 0. The number of para-hydroxylation sites is 1. The summed E-state index contributed by atoms with van der Waals surface area (Å²) in [6.45, 7) is 0.0396. The van der Waals surface area contributed by atoms with E-state index in [1.807, 2.05) is 0 Å². The number of nitrogens with two attached hydrogens (primary N) is 1. The minimum absolute atomic E-state index is 0.0539. The van der Waals surface area contributed by atoms with Crippen LogP contribution in [0.25, 0.3) is 0 Å². The Hall–Kier alpha value is -2.41. The van der Waals surface area contributed by atoms with E-state index in [2.05, 4.69) is 10.6 Å². The topological polar surface area (TPSA) is 111 Å². The molecule has 0 saturated carbocycles. The first-order valence-corrected chi connectivity index (χ1v) is 5.64. The van der Waals surface area contributed by atoms with Crippen LogP contribution >= 0.6 is 0 Å². The maximum atomic E-state index is 11.9. The predicted octanol–water partition coefficient (Wildman–Crippen LogP) is -0.761. The smallest absolute Gasteiger partial charge is 0.250 e. The van der Waals surface area contributed by atoms with Gasteiger partial charge in [-0.25, -0.2) is 0 Å². The number of hydrogen-bond acceptors (Lipinski definition) is 4. The molecule has 1 aliphatic rings. The van der Waals surface area contributed by atoms with Crippen molar-refractivity contribution in [1.29, 1.82) is 0 Å². The van der Waals surface area contributed by atoms with Crippen molar-refractivity contribution < 1.29 is 19.1 Å². The number of primary amides is 1. The number of anilines is 1. The van der Waals surface area contributed by atoms with Gasteiger partial charge >= 0.3 is 0 Å². The molecule has 1 heterocycles. The zero-order valence-electron chi connectivity index (χ0n) is 10.0. The fraction of sp³-hybridized carbons (Fsp3) is 0.250. The standard InChI is InChI=1S/C12H13N3O4/c13-11(17)7-3-1-2-4-8(7)15-12(18)9-5-19-6-10(16)14-9/h1-4,9H,5-6H2,(H2,13,17)(H,14,16)(H,15,18). The summed E-state index contributed by atoms with van der Waals surface area (Å²) >= 11 is 0. The van der Waals surface area contributed by atoms with E-state index in [4.69, 9.17) is 10.5 Å². The molecule has 1 fully saturated rings. The van der Waals surface area contributed by atoms with Crippen LogP contribution < -0.4 is 16.4 Å². The lowest BCUT2D eigenvalue weighted by atomic mass is 10.1. The Morgan fingerprint density at radius 3 is 2.79 bits per heavy atom. The predicted molar refractivity (Wildman–Crippen MR) is 66.3 cm³/mol. The highest BCUT2D eigenvalue weighted by Crippen LogP contribution is 2.14. The van der Waals surface area contributed by atoms with Crippen molar-refractivity contribution in [2.45, 2.75) is 6.04 Å². The largest absolute Gasteiger partial charge is 0.369 e. The van der Waals surface area contributed by atoms with Crippen LogP contribution in [0.2, 0.25) is 0 Å². The highest BCUT2D eigenvalue weighted by Gasteiger charge is 2.26. The van der Waals surface area contributed by atoms with Gasteiger partial charge < -0.3 is 21.1 Å². The molecule has 100 valence electrons. The number of carbonyl (C=O) groups is 3. The summed E-state index contributed by atoms with van der Waals surface area (Å²) in [5.41, 5.74) is 5.72. The van der Waals surface area contributed by atoms with Crippen molar-refractivity contribution in [2.75, 3.05) is 18.5 Å². The summed E-state index contributed by atoms with van der Waals surface area (Å²) in [6, 6.07) is 5.60. The van der Waals surface area contributed by atoms with Crippen LogP contribution in [-0.2, 0) is 14.3 Å². The number of benzene rings is 1. The van der Waals surface area contributed by atoms with E-state index in [0.29, 0.717) is 5.69 Å². The highest BCUT2D eigenvalue weighted by molar-refractivity contribution is 6.05. The second-order valence-electron chi connectivity index (χ2n) is 4.03. The Kier molecular flexibility index (Phi) is 3.76. The fourth-order valence-corrected chi connectivity index (χ4v) is 1.72. The van der Waals surface area contributed by atoms with E-state index in [1.165, 1.54) is 6.07 Å². The number of ether oxygens (including phenoxy) is 1. The van der Waals surface area contributed by atoms with E-state index in [1.54, 1.807) is 18.2 Å². The highest BCUT2D eigenvalue weighted by atomic mass is 16.5. The number of hydrogen-bond donors (Lipinski definition) is 3. The number of rotatable bonds is 3. The summed E-state index contributed by atoms with van der Waals surface area (Å²) in [6.07, 6.45) is 0. The van der Waals surface area contributed by atoms with Gasteiger partial charge in [0.25, 0.3) is 5.91 Å². The second kappa shape index (κ2) is 5.49. The van der Waals surface area contributed by atoms with Gasteiger partial charge in [0.1, 0.15) is 12.6 Å². The third-order valence-electron chi connectivity index (χ3n) is 2.62. The second-order valence-corrected chi connectivity index (χ2v) is 4.03. The van der Waals surface area contributed by atoms with Gasteiger partial charge in [-0.2, -0.15) is 0 Å². The third kappa shape index (κ3) is 3.08. The molecule has 0 radical (unpaired) electrons. The molecule has 1 unspecified atom stereocenters. The molecule has 0 aromatic heterocycles. The van der Waals surface area contributed by atoms with Crippen LogP contribution in [0.1, 0.15) is 10.4 Å². The Morgan fingerprint density at radius 2 is 2.11 bits per heavy atom. The third-order valence-corrected chi connectivity index (χ3v) is 2.62. The van der Waals surface area contributed by atoms with Gasteiger partial charge in [-0.1, -0.05) is 12.1 Å². The van der Waals surface area contributed by atoms with Crippen LogP contribution in [0.15, 0.2) is 24.3 Å². The minimum Gasteiger partial charge on any atom is -0.369 e. The van der Waals surface area contributed by atoms with Crippen molar-refractivity contribution in [3.05, 3.63) is 29.8 Å². The van der Waals surface area contributed by atoms with Gasteiger partial charge in [0.15, 0.2) is 0 Å².